The Morgan fingerprint density at radius 1 is 1.15 bits per heavy atom. The Kier molecular flexibility index (Phi) is 4.14. The molecule has 1 saturated heterocycles. The summed E-state index contributed by atoms with van der Waals surface area (Å²) in [6.45, 7) is 4.59. The molecule has 0 spiro atoms. The van der Waals surface area contributed by atoms with Crippen LogP contribution in [0.1, 0.15) is 62.1 Å². The molecule has 142 valence electrons. The van der Waals surface area contributed by atoms with Crippen LogP contribution < -0.4 is 4.90 Å². The number of nitrogens with zero attached hydrogens (tertiary/aromatic N) is 8. The molecule has 4 heterocycles. The maximum Gasteiger partial charge on any atom is 0.266 e. The number of aryl methyl sites for hydroxylation is 1. The number of piperidine rings is 1. The van der Waals surface area contributed by atoms with Gasteiger partial charge in [-0.15, -0.1) is 10.2 Å². The summed E-state index contributed by atoms with van der Waals surface area (Å²) in [4.78, 5) is 10.8. The average Bonchev–Trinajstić information content (AvgIpc) is 3.12. The van der Waals surface area contributed by atoms with Gasteiger partial charge in [0.05, 0.1) is 12.9 Å². The van der Waals surface area contributed by atoms with Crippen molar-refractivity contribution in [1.82, 2.24) is 34.5 Å². The van der Waals surface area contributed by atoms with Crippen LogP contribution in [0.2, 0.25) is 0 Å². The molecule has 9 heteroatoms. The lowest BCUT2D eigenvalue weighted by atomic mass is 9.96. The highest BCUT2D eigenvalue weighted by Crippen LogP contribution is 2.40. The van der Waals surface area contributed by atoms with Crippen LogP contribution in [0, 0.1) is 0 Å². The van der Waals surface area contributed by atoms with Gasteiger partial charge in [-0.3, -0.25) is 0 Å². The first kappa shape index (κ1) is 16.5. The summed E-state index contributed by atoms with van der Waals surface area (Å²) in [5.41, 5.74) is 0. The van der Waals surface area contributed by atoms with Crippen LogP contribution in [-0.2, 0) is 13.0 Å². The van der Waals surface area contributed by atoms with E-state index in [2.05, 4.69) is 39.4 Å². The first-order valence-corrected chi connectivity index (χ1v) is 9.78. The molecule has 0 amide bonds. The third kappa shape index (κ3) is 3.22. The van der Waals surface area contributed by atoms with Gasteiger partial charge in [0.15, 0.2) is 5.82 Å². The second-order valence-corrected chi connectivity index (χ2v) is 7.41. The number of imidazole rings is 1. The van der Waals surface area contributed by atoms with Crippen LogP contribution in [0.5, 0.6) is 0 Å². The molecule has 1 aliphatic heterocycles. The van der Waals surface area contributed by atoms with Gasteiger partial charge in [-0.2, -0.15) is 4.98 Å². The first-order chi connectivity index (χ1) is 13.3. The van der Waals surface area contributed by atoms with Crippen molar-refractivity contribution in [1.29, 1.82) is 0 Å². The molecule has 2 aliphatic rings. The fourth-order valence-electron chi connectivity index (χ4n) is 3.85. The van der Waals surface area contributed by atoms with E-state index in [0.29, 0.717) is 17.9 Å². The van der Waals surface area contributed by atoms with Crippen molar-refractivity contribution >= 4 is 5.95 Å². The van der Waals surface area contributed by atoms with Gasteiger partial charge in [-0.1, -0.05) is 6.92 Å². The Hall–Kier alpha value is -2.71. The highest BCUT2D eigenvalue weighted by Gasteiger charge is 2.34. The van der Waals surface area contributed by atoms with Crippen LogP contribution in [0.25, 0.3) is 0 Å². The Bertz CT molecular complexity index is 887. The summed E-state index contributed by atoms with van der Waals surface area (Å²) in [6.07, 6.45) is 10.9. The van der Waals surface area contributed by atoms with Crippen molar-refractivity contribution in [2.45, 2.75) is 57.5 Å². The number of anilines is 1. The van der Waals surface area contributed by atoms with E-state index in [-0.39, 0.29) is 0 Å². The Labute approximate surface area is 157 Å². The molecule has 0 atom stereocenters. The largest absolute Gasteiger partial charge is 0.338 e. The van der Waals surface area contributed by atoms with E-state index in [1.165, 1.54) is 12.8 Å². The third-order valence-corrected chi connectivity index (χ3v) is 5.49. The molecule has 3 aromatic rings. The van der Waals surface area contributed by atoms with E-state index in [9.17, 15) is 0 Å². The molecule has 2 fully saturated rings. The van der Waals surface area contributed by atoms with E-state index in [0.717, 1.165) is 56.5 Å². The molecule has 3 aromatic heterocycles. The van der Waals surface area contributed by atoms with Crippen LogP contribution in [-0.4, -0.2) is 47.5 Å². The van der Waals surface area contributed by atoms with Gasteiger partial charge < -0.3 is 18.6 Å². The number of rotatable bonds is 6. The fourth-order valence-corrected chi connectivity index (χ4v) is 3.85. The molecule has 0 radical (unpaired) electrons. The molecule has 5 rings (SSSR count). The lowest BCUT2D eigenvalue weighted by Crippen LogP contribution is -2.34. The molecule has 0 unspecified atom stereocenters. The fraction of sp³-hybridized carbons (Fsp3) is 0.611. The molecular weight excluding hydrogens is 344 g/mol. The van der Waals surface area contributed by atoms with E-state index >= 15 is 0 Å². The predicted octanol–water partition coefficient (Wildman–Crippen LogP) is 2.19. The molecule has 9 nitrogen and oxygen atoms in total. The molecule has 1 aliphatic carbocycles. The zero-order chi connectivity index (χ0) is 18.2. The summed E-state index contributed by atoms with van der Waals surface area (Å²) in [5.74, 6) is 4.04. The Morgan fingerprint density at radius 3 is 2.67 bits per heavy atom. The van der Waals surface area contributed by atoms with Crippen molar-refractivity contribution in [2.24, 2.45) is 0 Å². The summed E-state index contributed by atoms with van der Waals surface area (Å²) in [6, 6.07) is 0.566. The summed E-state index contributed by atoms with van der Waals surface area (Å²) < 4.78 is 9.70. The normalized spacial score (nSPS) is 18.3. The van der Waals surface area contributed by atoms with Gasteiger partial charge in [0.2, 0.25) is 5.89 Å². The van der Waals surface area contributed by atoms with Gasteiger partial charge in [-0.25, -0.2) is 4.98 Å². The predicted molar refractivity (Wildman–Crippen MR) is 97.5 cm³/mol. The molecule has 0 bridgehead atoms. The van der Waals surface area contributed by atoms with Crippen molar-refractivity contribution in [2.75, 3.05) is 18.0 Å². The maximum absolute atomic E-state index is 5.25. The van der Waals surface area contributed by atoms with E-state index in [1.807, 2.05) is 19.4 Å². The van der Waals surface area contributed by atoms with Gasteiger partial charge in [-0.05, 0) is 30.8 Å². The SMILES string of the molecule is CCc1nc(N2CCC(c3nnc(Cn4ccnc4)n3C3CC3)CC2)no1. The molecule has 27 heavy (non-hydrogen) atoms. The van der Waals surface area contributed by atoms with Crippen LogP contribution >= 0.6 is 0 Å². The average molecular weight is 368 g/mol. The molecule has 0 aromatic carbocycles. The number of hydrogen-bond donors (Lipinski definition) is 0. The smallest absolute Gasteiger partial charge is 0.266 e. The highest BCUT2D eigenvalue weighted by molar-refractivity contribution is 5.29. The minimum absolute atomic E-state index is 0.434. The van der Waals surface area contributed by atoms with E-state index in [1.54, 1.807) is 6.20 Å². The lowest BCUT2D eigenvalue weighted by Gasteiger charge is -2.30. The molecule has 1 saturated carbocycles. The van der Waals surface area contributed by atoms with Gasteiger partial charge in [0, 0.05) is 43.9 Å². The van der Waals surface area contributed by atoms with Crippen molar-refractivity contribution in [3.63, 3.8) is 0 Å². The van der Waals surface area contributed by atoms with Crippen molar-refractivity contribution in [3.05, 3.63) is 36.3 Å². The van der Waals surface area contributed by atoms with E-state index in [4.69, 9.17) is 4.52 Å². The van der Waals surface area contributed by atoms with Crippen molar-refractivity contribution in [3.8, 4) is 0 Å². The lowest BCUT2D eigenvalue weighted by molar-refractivity contribution is 0.378. The second kappa shape index (κ2) is 6.79. The monoisotopic (exact) mass is 368 g/mol. The summed E-state index contributed by atoms with van der Waals surface area (Å²) in [7, 11) is 0. The quantitative estimate of drug-likeness (QED) is 0.658. The zero-order valence-corrected chi connectivity index (χ0v) is 15.5. The summed E-state index contributed by atoms with van der Waals surface area (Å²) in [5, 5.41) is 13.2. The Morgan fingerprint density at radius 2 is 2.00 bits per heavy atom. The van der Waals surface area contributed by atoms with Crippen LogP contribution in [0.3, 0.4) is 0 Å². The van der Waals surface area contributed by atoms with Crippen LogP contribution in [0.15, 0.2) is 23.2 Å². The standard InChI is InChI=1S/C18H24N8O/c1-2-16-20-18(23-27-16)25-8-5-13(6-9-25)17-22-21-15(26(17)14-3-4-14)11-24-10-7-19-12-24/h7,10,12-14H,2-6,8-9,11H2,1H3. The van der Waals surface area contributed by atoms with Crippen LogP contribution in [0.4, 0.5) is 5.95 Å². The van der Waals surface area contributed by atoms with Crippen molar-refractivity contribution < 1.29 is 4.52 Å². The minimum Gasteiger partial charge on any atom is -0.338 e. The van der Waals surface area contributed by atoms with E-state index < -0.39 is 0 Å². The highest BCUT2D eigenvalue weighted by atomic mass is 16.5. The number of aromatic nitrogens is 7. The Balaban J connectivity index is 1.31. The first-order valence-electron chi connectivity index (χ1n) is 9.78. The van der Waals surface area contributed by atoms with Gasteiger partial charge in [0.1, 0.15) is 5.82 Å². The topological polar surface area (TPSA) is 90.7 Å². The summed E-state index contributed by atoms with van der Waals surface area (Å²) >= 11 is 0. The zero-order valence-electron chi connectivity index (χ0n) is 15.5. The molecule has 0 N–H and O–H groups in total. The minimum atomic E-state index is 0.434. The van der Waals surface area contributed by atoms with Gasteiger partial charge >= 0.3 is 0 Å². The number of hydrogen-bond acceptors (Lipinski definition) is 7. The molecular formula is C18H24N8O. The van der Waals surface area contributed by atoms with Gasteiger partial charge in [0.25, 0.3) is 5.95 Å². The second-order valence-electron chi connectivity index (χ2n) is 7.41. The third-order valence-electron chi connectivity index (χ3n) is 5.49. The maximum atomic E-state index is 5.25.